The van der Waals surface area contributed by atoms with Gasteiger partial charge in [-0.3, -0.25) is 34.2 Å². The van der Waals surface area contributed by atoms with E-state index in [0.717, 1.165) is 93.8 Å². The monoisotopic (exact) mass is 791 g/mol. The average Bonchev–Trinajstić information content (AvgIpc) is 3.47. The maximum absolute atomic E-state index is 13.3. The van der Waals surface area contributed by atoms with E-state index in [1.165, 1.54) is 0 Å². The van der Waals surface area contributed by atoms with Gasteiger partial charge in [0.05, 0.1) is 27.8 Å². The summed E-state index contributed by atoms with van der Waals surface area (Å²) < 4.78 is 6.10. The van der Waals surface area contributed by atoms with Crippen molar-refractivity contribution in [3.8, 4) is 11.8 Å². The molecule has 3 aromatic carbocycles. The second-order valence-corrected chi connectivity index (χ2v) is 16.1. The molecule has 1 atom stereocenters. The van der Waals surface area contributed by atoms with Crippen molar-refractivity contribution in [2.75, 3.05) is 36.0 Å². The second-order valence-electron chi connectivity index (χ2n) is 15.7. The van der Waals surface area contributed by atoms with Crippen molar-refractivity contribution in [1.82, 2.24) is 20.9 Å². The van der Waals surface area contributed by atoms with E-state index in [0.29, 0.717) is 45.1 Å². The lowest BCUT2D eigenvalue weighted by atomic mass is 9.92. The highest BCUT2D eigenvalue weighted by Gasteiger charge is 2.45. The van der Waals surface area contributed by atoms with Crippen LogP contribution in [0.25, 0.3) is 0 Å². The van der Waals surface area contributed by atoms with Gasteiger partial charge in [-0.2, -0.15) is 5.26 Å². The third-order valence-electron chi connectivity index (χ3n) is 12.1. The number of benzene rings is 3. The topological polar surface area (TPSA) is 164 Å². The number of nitrogens with zero attached hydrogens (tertiary/aromatic N) is 4. The van der Waals surface area contributed by atoms with E-state index in [4.69, 9.17) is 21.6 Å². The van der Waals surface area contributed by atoms with Crippen LogP contribution >= 0.6 is 11.6 Å². The number of fused-ring (bicyclic) bond motifs is 1. The largest absolute Gasteiger partial charge is 0.490 e. The molecule has 57 heavy (non-hydrogen) atoms. The van der Waals surface area contributed by atoms with Crippen molar-refractivity contribution in [3.63, 3.8) is 0 Å². The highest BCUT2D eigenvalue weighted by molar-refractivity contribution is 6.31. The number of anilines is 2. The fourth-order valence-corrected chi connectivity index (χ4v) is 9.08. The molecule has 4 aliphatic heterocycles. The van der Waals surface area contributed by atoms with Crippen molar-refractivity contribution >= 4 is 52.5 Å². The number of rotatable bonds is 9. The highest BCUT2D eigenvalue weighted by atomic mass is 35.5. The van der Waals surface area contributed by atoms with E-state index in [9.17, 15) is 24.0 Å². The molecule has 0 aromatic heterocycles. The number of halogens is 1. The third kappa shape index (κ3) is 8.34. The molecule has 0 bridgehead atoms. The van der Waals surface area contributed by atoms with Crippen molar-refractivity contribution in [1.29, 1.82) is 5.26 Å². The van der Waals surface area contributed by atoms with E-state index in [2.05, 4.69) is 31.8 Å². The molecule has 0 radical (unpaired) electrons. The quantitative estimate of drug-likeness (QED) is 0.253. The molecular formula is C43H46ClN7O6. The van der Waals surface area contributed by atoms with Gasteiger partial charge in [-0.25, -0.2) is 0 Å². The summed E-state index contributed by atoms with van der Waals surface area (Å²) >= 11 is 6.15. The zero-order chi connectivity index (χ0) is 39.6. The van der Waals surface area contributed by atoms with Crippen molar-refractivity contribution in [2.45, 2.75) is 94.5 Å². The lowest BCUT2D eigenvalue weighted by molar-refractivity contribution is -0.136. The minimum absolute atomic E-state index is 0.0444. The predicted molar refractivity (Wildman–Crippen MR) is 213 cm³/mol. The third-order valence-corrected chi connectivity index (χ3v) is 12.4. The summed E-state index contributed by atoms with van der Waals surface area (Å²) in [6.45, 7) is 3.50. The highest BCUT2D eigenvalue weighted by Crippen LogP contribution is 2.32. The molecule has 13 nitrogen and oxygen atoms in total. The first-order chi connectivity index (χ1) is 27.6. The molecule has 1 saturated carbocycles. The molecule has 1 unspecified atom stereocenters. The first-order valence-electron chi connectivity index (χ1n) is 20.0. The second kappa shape index (κ2) is 16.6. The Kier molecular flexibility index (Phi) is 11.2. The van der Waals surface area contributed by atoms with Crippen LogP contribution in [0.2, 0.25) is 5.02 Å². The summed E-state index contributed by atoms with van der Waals surface area (Å²) in [5.41, 5.74) is 3.68. The van der Waals surface area contributed by atoms with Gasteiger partial charge in [-0.15, -0.1) is 0 Å². The number of amides is 5. The molecule has 3 N–H and O–H groups in total. The van der Waals surface area contributed by atoms with Gasteiger partial charge in [0.1, 0.15) is 17.9 Å². The molecule has 14 heteroatoms. The molecule has 1 aliphatic carbocycles. The Morgan fingerprint density at radius 3 is 2.00 bits per heavy atom. The molecule has 4 heterocycles. The van der Waals surface area contributed by atoms with E-state index >= 15 is 0 Å². The average molecular weight is 792 g/mol. The number of imide groups is 2. The SMILES string of the molecule is N#Cc1ccc(OC2CCC(NC(=O)c3ccc(N4CCC(NC5CCN(c6ccc7c(c6)C(=O)N(C6CCC(=O)NC6=O)C7=O)CC5)CC4)cc3)CC2)cc1Cl. The Balaban J connectivity index is 0.753. The summed E-state index contributed by atoms with van der Waals surface area (Å²) in [4.78, 5) is 69.2. The van der Waals surface area contributed by atoms with Gasteiger partial charge in [0.25, 0.3) is 17.7 Å². The molecule has 8 rings (SSSR count). The summed E-state index contributed by atoms with van der Waals surface area (Å²) in [7, 11) is 0. The first-order valence-corrected chi connectivity index (χ1v) is 20.4. The van der Waals surface area contributed by atoms with Crippen LogP contribution in [0.5, 0.6) is 5.75 Å². The molecule has 4 fully saturated rings. The van der Waals surface area contributed by atoms with Crippen LogP contribution < -0.4 is 30.5 Å². The van der Waals surface area contributed by atoms with Crippen LogP contribution in [0, 0.1) is 11.3 Å². The van der Waals surface area contributed by atoms with Gasteiger partial charge in [-0.05, 0) is 112 Å². The Morgan fingerprint density at radius 1 is 0.737 bits per heavy atom. The van der Waals surface area contributed by atoms with E-state index < -0.39 is 29.7 Å². The van der Waals surface area contributed by atoms with E-state index in [-0.39, 0.29) is 30.9 Å². The lowest BCUT2D eigenvalue weighted by Crippen LogP contribution is -2.54. The predicted octanol–water partition coefficient (Wildman–Crippen LogP) is 4.96. The zero-order valence-electron chi connectivity index (χ0n) is 31.7. The van der Waals surface area contributed by atoms with Crippen LogP contribution in [0.1, 0.15) is 101 Å². The summed E-state index contributed by atoms with van der Waals surface area (Å²) in [5.74, 6) is -1.38. The van der Waals surface area contributed by atoms with Crippen LogP contribution in [0.15, 0.2) is 60.7 Å². The van der Waals surface area contributed by atoms with Crippen LogP contribution in [-0.2, 0) is 9.59 Å². The van der Waals surface area contributed by atoms with Crippen LogP contribution in [-0.4, -0.2) is 90.9 Å². The fraction of sp³-hybridized carbons (Fsp3) is 0.442. The van der Waals surface area contributed by atoms with Crippen LogP contribution in [0.4, 0.5) is 11.4 Å². The summed E-state index contributed by atoms with van der Waals surface area (Å²) in [5, 5.41) is 18.8. The van der Waals surface area contributed by atoms with Gasteiger partial charge in [0, 0.05) is 73.7 Å². The molecule has 0 spiro atoms. The maximum atomic E-state index is 13.3. The normalized spacial score (nSPS) is 23.2. The van der Waals surface area contributed by atoms with Crippen LogP contribution in [0.3, 0.4) is 0 Å². The number of hydrogen-bond acceptors (Lipinski definition) is 10. The molecule has 296 valence electrons. The van der Waals surface area contributed by atoms with Gasteiger partial charge in [-0.1, -0.05) is 11.6 Å². The number of carbonyl (C=O) groups excluding carboxylic acids is 5. The fourth-order valence-electron chi connectivity index (χ4n) is 8.87. The Labute approximate surface area is 336 Å². The lowest BCUT2D eigenvalue weighted by Gasteiger charge is -2.39. The van der Waals surface area contributed by atoms with E-state index in [1.807, 2.05) is 30.3 Å². The minimum atomic E-state index is -0.972. The summed E-state index contributed by atoms with van der Waals surface area (Å²) in [6.07, 6.45) is 7.54. The van der Waals surface area contributed by atoms with Gasteiger partial charge in [0.15, 0.2) is 0 Å². The molecule has 3 aromatic rings. The number of carbonyl (C=O) groups is 5. The summed E-state index contributed by atoms with van der Waals surface area (Å²) in [6, 6.07) is 20.3. The number of ether oxygens (including phenoxy) is 1. The molecule has 5 amide bonds. The number of hydrogen-bond donors (Lipinski definition) is 3. The van der Waals surface area contributed by atoms with Gasteiger partial charge < -0.3 is 25.2 Å². The smallest absolute Gasteiger partial charge is 0.262 e. The molecule has 5 aliphatic rings. The van der Waals surface area contributed by atoms with E-state index in [1.54, 1.807) is 30.3 Å². The van der Waals surface area contributed by atoms with Gasteiger partial charge >= 0.3 is 0 Å². The number of piperidine rings is 3. The Hall–Kier alpha value is -5.45. The number of nitriles is 1. The zero-order valence-corrected chi connectivity index (χ0v) is 32.4. The minimum Gasteiger partial charge on any atom is -0.490 e. The molecular weight excluding hydrogens is 746 g/mol. The number of nitrogens with one attached hydrogen (secondary N) is 3. The first kappa shape index (κ1) is 38.4. The van der Waals surface area contributed by atoms with Gasteiger partial charge in [0.2, 0.25) is 11.8 Å². The Bertz CT molecular complexity index is 2100. The maximum Gasteiger partial charge on any atom is 0.262 e. The standard InChI is InChI=1S/C43H46ClN7O6/c44-37-24-34(9-3-27(37)25-45)57-33-10-4-28(5-11-33)47-40(53)26-1-6-31(7-2-26)49-19-15-29(16-20-49)46-30-17-21-50(22-18-30)32-8-12-35-36(23-32)43(56)51(42(35)55)38-13-14-39(52)48-41(38)54/h1-3,6-9,12,23-24,28-30,33,38,46H,4-5,10-11,13-22H2,(H,47,53)(H,48,52,54). The van der Waals surface area contributed by atoms with Crippen molar-refractivity contribution in [3.05, 3.63) is 87.9 Å². The van der Waals surface area contributed by atoms with Crippen molar-refractivity contribution in [2.24, 2.45) is 0 Å². The van der Waals surface area contributed by atoms with Crippen molar-refractivity contribution < 1.29 is 28.7 Å². The molecule has 3 saturated heterocycles. The Morgan fingerprint density at radius 2 is 1.37 bits per heavy atom.